The van der Waals surface area contributed by atoms with E-state index in [9.17, 15) is 0 Å². The molecular formula is C15H14O2. The molecule has 1 heterocycles. The van der Waals surface area contributed by atoms with Gasteiger partial charge in [-0.25, -0.2) is 0 Å². The predicted octanol–water partition coefficient (Wildman–Crippen LogP) is 3.63. The lowest BCUT2D eigenvalue weighted by molar-refractivity contribution is 0.0142. The Morgan fingerprint density at radius 2 is 2.00 bits per heavy atom. The minimum absolute atomic E-state index is 0.241. The quantitative estimate of drug-likeness (QED) is 0.766. The highest BCUT2D eigenvalue weighted by atomic mass is 16.7. The van der Waals surface area contributed by atoms with E-state index in [1.54, 1.807) is 6.26 Å². The Hall–Kier alpha value is -1.96. The zero-order valence-electron chi connectivity index (χ0n) is 9.50. The molecule has 86 valence electrons. The van der Waals surface area contributed by atoms with Crippen LogP contribution in [0.15, 0.2) is 60.4 Å². The highest BCUT2D eigenvalue weighted by molar-refractivity contribution is 5.60. The van der Waals surface area contributed by atoms with E-state index in [1.807, 2.05) is 30.3 Å². The third-order valence-corrected chi connectivity index (χ3v) is 2.94. The molecule has 2 aliphatic rings. The van der Waals surface area contributed by atoms with Crippen molar-refractivity contribution < 1.29 is 9.47 Å². The van der Waals surface area contributed by atoms with Crippen LogP contribution in [0.3, 0.4) is 0 Å². The normalized spacial score (nSPS) is 22.5. The Morgan fingerprint density at radius 1 is 1.12 bits per heavy atom. The monoisotopic (exact) mass is 226 g/mol. The van der Waals surface area contributed by atoms with Crippen molar-refractivity contribution in [1.82, 2.24) is 0 Å². The number of rotatable bonds is 2. The Labute approximate surface area is 101 Å². The molecule has 0 aromatic heterocycles. The minimum atomic E-state index is -0.241. The van der Waals surface area contributed by atoms with Gasteiger partial charge in [0.25, 0.3) is 6.29 Å². The number of ether oxygens (including phenoxy) is 2. The second-order valence-electron chi connectivity index (χ2n) is 4.14. The number of hydrogen-bond donors (Lipinski definition) is 0. The van der Waals surface area contributed by atoms with Gasteiger partial charge in [-0.1, -0.05) is 48.6 Å². The highest BCUT2D eigenvalue weighted by Crippen LogP contribution is 2.30. The maximum Gasteiger partial charge on any atom is 0.263 e. The van der Waals surface area contributed by atoms with Crippen LogP contribution in [-0.2, 0) is 9.47 Å². The van der Waals surface area contributed by atoms with Crippen molar-refractivity contribution in [2.24, 2.45) is 0 Å². The van der Waals surface area contributed by atoms with Crippen LogP contribution < -0.4 is 0 Å². The number of hydrogen-bond acceptors (Lipinski definition) is 2. The molecule has 0 saturated heterocycles. The van der Waals surface area contributed by atoms with Gasteiger partial charge in [0.05, 0.1) is 0 Å². The van der Waals surface area contributed by atoms with E-state index in [-0.39, 0.29) is 6.29 Å². The molecule has 1 aliphatic heterocycles. The van der Waals surface area contributed by atoms with Crippen molar-refractivity contribution in [2.75, 3.05) is 0 Å². The molecule has 17 heavy (non-hydrogen) atoms. The molecule has 0 saturated carbocycles. The lowest BCUT2D eigenvalue weighted by Gasteiger charge is -2.16. The van der Waals surface area contributed by atoms with Gasteiger partial charge in [-0.3, -0.25) is 0 Å². The Bertz CT molecular complexity index is 483. The van der Waals surface area contributed by atoms with Crippen LogP contribution in [0.25, 0.3) is 5.76 Å². The maximum atomic E-state index is 5.82. The van der Waals surface area contributed by atoms with Crippen LogP contribution in [0, 0.1) is 0 Å². The van der Waals surface area contributed by atoms with Gasteiger partial charge >= 0.3 is 0 Å². The molecule has 0 bridgehead atoms. The van der Waals surface area contributed by atoms with Crippen LogP contribution >= 0.6 is 0 Å². The van der Waals surface area contributed by atoms with Crippen LogP contribution in [-0.4, -0.2) is 6.29 Å². The molecular weight excluding hydrogens is 212 g/mol. The van der Waals surface area contributed by atoms with Gasteiger partial charge in [0.15, 0.2) is 5.76 Å². The fourth-order valence-corrected chi connectivity index (χ4v) is 2.01. The summed E-state index contributed by atoms with van der Waals surface area (Å²) in [5.74, 6) is 0.811. The first-order valence-electron chi connectivity index (χ1n) is 5.87. The van der Waals surface area contributed by atoms with E-state index in [0.29, 0.717) is 0 Å². The van der Waals surface area contributed by atoms with Crippen LogP contribution in [0.5, 0.6) is 0 Å². The summed E-state index contributed by atoms with van der Waals surface area (Å²) in [6, 6.07) is 10.0. The second-order valence-corrected chi connectivity index (χ2v) is 4.14. The average molecular weight is 226 g/mol. The highest BCUT2D eigenvalue weighted by Gasteiger charge is 2.24. The first kappa shape index (κ1) is 10.2. The smallest absolute Gasteiger partial charge is 0.263 e. The fraction of sp³-hybridized carbons (Fsp3) is 0.200. The zero-order valence-corrected chi connectivity index (χ0v) is 9.50. The van der Waals surface area contributed by atoms with Crippen LogP contribution in [0.4, 0.5) is 0 Å². The largest absolute Gasteiger partial charge is 0.455 e. The molecule has 1 atom stereocenters. The summed E-state index contributed by atoms with van der Waals surface area (Å²) in [6.07, 6.45) is 9.84. The number of benzene rings is 1. The standard InChI is InChI=1S/C15H14O2/c1-3-7-12(8-4-1)14-11-16-15(17-14)13-9-5-2-6-10-13/h1-5,7-9,11,15H,6,10H2. The molecule has 0 N–H and O–H groups in total. The molecule has 1 aromatic carbocycles. The lowest BCUT2D eigenvalue weighted by Crippen LogP contribution is -2.12. The molecule has 0 radical (unpaired) electrons. The molecule has 1 aliphatic carbocycles. The predicted molar refractivity (Wildman–Crippen MR) is 66.8 cm³/mol. The average Bonchev–Trinajstić information content (AvgIpc) is 2.90. The molecule has 0 fully saturated rings. The van der Waals surface area contributed by atoms with Gasteiger partial charge < -0.3 is 9.47 Å². The van der Waals surface area contributed by atoms with Crippen molar-refractivity contribution in [1.29, 1.82) is 0 Å². The Kier molecular flexibility index (Phi) is 2.70. The van der Waals surface area contributed by atoms with E-state index in [4.69, 9.17) is 9.47 Å². The summed E-state index contributed by atoms with van der Waals surface area (Å²) >= 11 is 0. The zero-order chi connectivity index (χ0) is 11.5. The van der Waals surface area contributed by atoms with Gasteiger partial charge in [0.1, 0.15) is 6.26 Å². The van der Waals surface area contributed by atoms with Crippen LogP contribution in [0.1, 0.15) is 18.4 Å². The molecule has 2 heteroatoms. The lowest BCUT2D eigenvalue weighted by atomic mass is 10.1. The molecule has 0 spiro atoms. The second kappa shape index (κ2) is 4.50. The summed E-state index contributed by atoms with van der Waals surface area (Å²) < 4.78 is 11.4. The van der Waals surface area contributed by atoms with E-state index in [0.717, 1.165) is 24.2 Å². The summed E-state index contributed by atoms with van der Waals surface area (Å²) in [7, 11) is 0. The van der Waals surface area contributed by atoms with Crippen molar-refractivity contribution >= 4 is 5.76 Å². The molecule has 2 nitrogen and oxygen atoms in total. The summed E-state index contributed by atoms with van der Waals surface area (Å²) in [6.45, 7) is 0. The SMILES string of the molecule is C1=CCCC(C2OC=C(c3ccccc3)O2)=C1. The van der Waals surface area contributed by atoms with Crippen molar-refractivity contribution in [2.45, 2.75) is 19.1 Å². The van der Waals surface area contributed by atoms with Gasteiger partial charge in [0, 0.05) is 11.1 Å². The Morgan fingerprint density at radius 3 is 2.76 bits per heavy atom. The summed E-state index contributed by atoms with van der Waals surface area (Å²) in [5, 5.41) is 0. The first-order valence-corrected chi connectivity index (χ1v) is 5.87. The molecule has 1 aromatic rings. The molecule has 0 amide bonds. The third kappa shape index (κ3) is 2.11. The molecule has 3 rings (SSSR count). The maximum absolute atomic E-state index is 5.82. The number of allylic oxidation sites excluding steroid dienone is 3. The van der Waals surface area contributed by atoms with Gasteiger partial charge in [-0.15, -0.1) is 0 Å². The summed E-state index contributed by atoms with van der Waals surface area (Å²) in [5.41, 5.74) is 2.26. The van der Waals surface area contributed by atoms with Gasteiger partial charge in [-0.05, 0) is 12.8 Å². The third-order valence-electron chi connectivity index (χ3n) is 2.94. The topological polar surface area (TPSA) is 18.5 Å². The Balaban J connectivity index is 1.73. The summed E-state index contributed by atoms with van der Waals surface area (Å²) in [4.78, 5) is 0. The van der Waals surface area contributed by atoms with E-state index >= 15 is 0 Å². The van der Waals surface area contributed by atoms with Gasteiger partial charge in [0.2, 0.25) is 0 Å². The fourth-order valence-electron chi connectivity index (χ4n) is 2.01. The molecule has 1 unspecified atom stereocenters. The van der Waals surface area contributed by atoms with Crippen LogP contribution in [0.2, 0.25) is 0 Å². The van der Waals surface area contributed by atoms with E-state index in [2.05, 4.69) is 18.2 Å². The first-order chi connectivity index (χ1) is 8.43. The van der Waals surface area contributed by atoms with Crippen molar-refractivity contribution in [3.8, 4) is 0 Å². The van der Waals surface area contributed by atoms with Crippen molar-refractivity contribution in [3.05, 3.63) is 66.0 Å². The van der Waals surface area contributed by atoms with Gasteiger partial charge in [-0.2, -0.15) is 0 Å². The van der Waals surface area contributed by atoms with E-state index in [1.165, 1.54) is 5.57 Å². The minimum Gasteiger partial charge on any atom is -0.455 e. The van der Waals surface area contributed by atoms with Crippen molar-refractivity contribution in [3.63, 3.8) is 0 Å². The van der Waals surface area contributed by atoms with E-state index < -0.39 is 0 Å².